The Hall–Kier alpha value is -3.10. The summed E-state index contributed by atoms with van der Waals surface area (Å²) in [4.78, 5) is 31.6. The van der Waals surface area contributed by atoms with Crippen molar-refractivity contribution in [3.05, 3.63) is 59.7 Å². The number of likely N-dealkylation sites (N-methyl/N-ethyl adjacent to an activating group) is 1. The maximum Gasteiger partial charge on any atom is 0.343 e. The van der Waals surface area contributed by atoms with E-state index in [4.69, 9.17) is 18.9 Å². The zero-order valence-electron chi connectivity index (χ0n) is 21.4. The van der Waals surface area contributed by atoms with E-state index in [-0.39, 0.29) is 17.9 Å². The van der Waals surface area contributed by atoms with Crippen molar-refractivity contribution in [1.29, 1.82) is 0 Å². The number of fused-ring (bicyclic) bond motifs is 3. The highest BCUT2D eigenvalue weighted by Gasteiger charge is 2.90. The topological polar surface area (TPSA) is 77.5 Å². The maximum atomic E-state index is 14.0. The first kappa shape index (κ1) is 23.0. The number of nitrogens with zero attached hydrogens (tertiary/aromatic N) is 2. The van der Waals surface area contributed by atoms with E-state index in [2.05, 4.69) is 11.0 Å². The van der Waals surface area contributed by atoms with Crippen LogP contribution in [-0.4, -0.2) is 68.1 Å². The Bertz CT molecular complexity index is 1280. The summed E-state index contributed by atoms with van der Waals surface area (Å²) in [7, 11) is 5.08. The Morgan fingerprint density at radius 1 is 1.16 bits per heavy atom. The fourth-order valence-electron chi connectivity index (χ4n) is 8.62. The van der Waals surface area contributed by atoms with E-state index in [1.807, 2.05) is 54.4 Å². The number of hydrogen-bond acceptors (Lipinski definition) is 7. The predicted molar refractivity (Wildman–Crippen MR) is 134 cm³/mol. The van der Waals surface area contributed by atoms with E-state index in [1.165, 1.54) is 7.11 Å². The number of carbonyl (C=O) groups is 2. The first-order valence-corrected chi connectivity index (χ1v) is 13.1. The Labute approximate surface area is 216 Å². The quantitative estimate of drug-likeness (QED) is 0.580. The van der Waals surface area contributed by atoms with Gasteiger partial charge in [0, 0.05) is 37.7 Å². The lowest BCUT2D eigenvalue weighted by Crippen LogP contribution is -2.77. The molecule has 4 saturated heterocycles. The molecule has 7 rings (SSSR count). The first-order valence-electron chi connectivity index (χ1n) is 13.1. The van der Waals surface area contributed by atoms with Crippen LogP contribution in [0.15, 0.2) is 48.5 Å². The molecular weight excluding hydrogens is 472 g/mol. The van der Waals surface area contributed by atoms with Crippen molar-refractivity contribution in [2.75, 3.05) is 32.7 Å². The fraction of sp³-hybridized carbons (Fsp3) is 0.517. The monoisotopic (exact) mass is 504 g/mol. The average molecular weight is 505 g/mol. The van der Waals surface area contributed by atoms with Crippen LogP contribution in [0.2, 0.25) is 0 Å². The molecule has 5 heterocycles. The second kappa shape index (κ2) is 7.71. The number of ether oxygens (including phenoxy) is 4. The Balaban J connectivity index is 1.46. The number of piperidine rings is 2. The van der Waals surface area contributed by atoms with Gasteiger partial charge >= 0.3 is 5.97 Å². The van der Waals surface area contributed by atoms with Gasteiger partial charge in [0.2, 0.25) is 11.5 Å². The highest BCUT2D eigenvalue weighted by molar-refractivity contribution is 5.90. The van der Waals surface area contributed by atoms with E-state index in [9.17, 15) is 9.59 Å². The standard InChI is InChI=1S/C29H32N2O6/c1-30-22-16-19(34-2)10-11-20(22)27-14-7-15-31-23(32)13-12-21-24(36-17-18-8-5-4-6-9-18)28(25(27)30,26(33)35-3)37-29(21,27)31/h4-6,8-11,16,21,24-25H,7,12-15,17H2,1-3H3/t21-,24-,25+,27-,28+,29-/m0/s1. The van der Waals surface area contributed by atoms with Crippen molar-refractivity contribution in [1.82, 2.24) is 4.90 Å². The second-order valence-electron chi connectivity index (χ2n) is 11.0. The van der Waals surface area contributed by atoms with Gasteiger partial charge in [0.05, 0.1) is 32.3 Å². The summed E-state index contributed by atoms with van der Waals surface area (Å²) < 4.78 is 24.9. The zero-order valence-corrected chi connectivity index (χ0v) is 21.4. The zero-order chi connectivity index (χ0) is 25.6. The summed E-state index contributed by atoms with van der Waals surface area (Å²) in [6.07, 6.45) is 2.12. The Morgan fingerprint density at radius 2 is 1.97 bits per heavy atom. The van der Waals surface area contributed by atoms with E-state index in [0.29, 0.717) is 26.0 Å². The molecule has 4 fully saturated rings. The van der Waals surface area contributed by atoms with Gasteiger partial charge < -0.3 is 28.7 Å². The Kier molecular flexibility index (Phi) is 4.80. The molecule has 5 aliphatic heterocycles. The molecule has 0 aliphatic carbocycles. The average Bonchev–Trinajstić information content (AvgIpc) is 3.48. The fourth-order valence-corrected chi connectivity index (χ4v) is 8.62. The molecule has 2 bridgehead atoms. The van der Waals surface area contributed by atoms with Crippen LogP contribution in [0.1, 0.15) is 36.8 Å². The van der Waals surface area contributed by atoms with Crippen LogP contribution in [0.5, 0.6) is 5.75 Å². The first-order chi connectivity index (χ1) is 18.0. The summed E-state index contributed by atoms with van der Waals surface area (Å²) in [5.41, 5.74) is 0.190. The number of esters is 1. The van der Waals surface area contributed by atoms with Gasteiger partial charge in [0.15, 0.2) is 5.72 Å². The second-order valence-corrected chi connectivity index (χ2v) is 11.0. The molecule has 37 heavy (non-hydrogen) atoms. The van der Waals surface area contributed by atoms with E-state index in [1.54, 1.807) is 7.11 Å². The molecule has 5 aliphatic rings. The molecule has 0 aromatic heterocycles. The van der Waals surface area contributed by atoms with Crippen LogP contribution < -0.4 is 9.64 Å². The van der Waals surface area contributed by atoms with Crippen molar-refractivity contribution in [3.63, 3.8) is 0 Å². The predicted octanol–water partition coefficient (Wildman–Crippen LogP) is 3.02. The van der Waals surface area contributed by atoms with E-state index >= 15 is 0 Å². The largest absolute Gasteiger partial charge is 0.497 e. The molecule has 2 spiro atoms. The minimum atomic E-state index is -1.39. The van der Waals surface area contributed by atoms with Crippen LogP contribution in [0.25, 0.3) is 0 Å². The van der Waals surface area contributed by atoms with Crippen molar-refractivity contribution in [2.24, 2.45) is 5.92 Å². The molecule has 0 unspecified atom stereocenters. The van der Waals surface area contributed by atoms with Gasteiger partial charge in [-0.1, -0.05) is 36.4 Å². The third-order valence-electron chi connectivity index (χ3n) is 9.68. The third kappa shape index (κ3) is 2.51. The number of rotatable bonds is 5. The molecule has 6 atom stereocenters. The number of anilines is 1. The van der Waals surface area contributed by atoms with E-state index in [0.717, 1.165) is 35.4 Å². The van der Waals surface area contributed by atoms with Gasteiger partial charge in [-0.15, -0.1) is 0 Å². The summed E-state index contributed by atoms with van der Waals surface area (Å²) in [5.74, 6) is 0.238. The third-order valence-corrected chi connectivity index (χ3v) is 9.68. The number of hydrogen-bond donors (Lipinski definition) is 0. The number of carbonyl (C=O) groups excluding carboxylic acids is 2. The molecular formula is C29H32N2O6. The SMILES string of the molecule is COC(=O)[C@]12O[C@]34[C@@H](CCC(=O)N3CCC[C@@]43c4ccc(OC)cc4N(C)[C@@H]13)[C@@H]2OCc1ccccc1. The molecule has 8 nitrogen and oxygen atoms in total. The van der Waals surface area contributed by atoms with Gasteiger partial charge in [0.1, 0.15) is 11.9 Å². The van der Waals surface area contributed by atoms with Crippen LogP contribution in [0.3, 0.4) is 0 Å². The molecule has 2 aromatic carbocycles. The number of benzene rings is 2. The summed E-state index contributed by atoms with van der Waals surface area (Å²) in [6.45, 7) is 0.958. The lowest BCUT2D eigenvalue weighted by molar-refractivity contribution is -0.217. The summed E-state index contributed by atoms with van der Waals surface area (Å²) >= 11 is 0. The molecule has 2 aromatic rings. The molecule has 1 amide bonds. The van der Waals surface area contributed by atoms with Crippen molar-refractivity contribution in [3.8, 4) is 5.75 Å². The molecule has 194 valence electrons. The summed E-state index contributed by atoms with van der Waals surface area (Å²) in [6, 6.07) is 15.7. The van der Waals surface area contributed by atoms with E-state index < -0.39 is 28.8 Å². The van der Waals surface area contributed by atoms with Gasteiger partial charge in [-0.2, -0.15) is 0 Å². The maximum absolute atomic E-state index is 14.0. The molecule has 8 heteroatoms. The van der Waals surface area contributed by atoms with Crippen molar-refractivity contribution < 1.29 is 28.5 Å². The Morgan fingerprint density at radius 3 is 2.73 bits per heavy atom. The van der Waals surface area contributed by atoms with Crippen LogP contribution >= 0.6 is 0 Å². The van der Waals surface area contributed by atoms with Crippen LogP contribution in [0.4, 0.5) is 5.69 Å². The van der Waals surface area contributed by atoms with Gasteiger partial charge in [-0.3, -0.25) is 4.79 Å². The van der Waals surface area contributed by atoms with Gasteiger partial charge in [0.25, 0.3) is 0 Å². The molecule has 0 saturated carbocycles. The lowest BCUT2D eigenvalue weighted by atomic mass is 9.51. The molecule has 0 radical (unpaired) electrons. The highest BCUT2D eigenvalue weighted by Crippen LogP contribution is 2.75. The minimum absolute atomic E-state index is 0.0862. The number of amides is 1. The lowest BCUT2D eigenvalue weighted by Gasteiger charge is -2.61. The van der Waals surface area contributed by atoms with Crippen molar-refractivity contribution in [2.45, 2.75) is 61.2 Å². The van der Waals surface area contributed by atoms with Crippen LogP contribution in [0, 0.1) is 5.92 Å². The van der Waals surface area contributed by atoms with Crippen molar-refractivity contribution >= 4 is 17.6 Å². The minimum Gasteiger partial charge on any atom is -0.497 e. The molecule has 0 N–H and O–H groups in total. The number of methoxy groups -OCH3 is 2. The summed E-state index contributed by atoms with van der Waals surface area (Å²) in [5, 5.41) is 0. The van der Waals surface area contributed by atoms with Gasteiger partial charge in [-0.05, 0) is 36.5 Å². The smallest absolute Gasteiger partial charge is 0.343 e. The van der Waals surface area contributed by atoms with Crippen LogP contribution in [-0.2, 0) is 35.8 Å². The highest BCUT2D eigenvalue weighted by atomic mass is 16.6. The normalized spacial score (nSPS) is 36.7. The van der Waals surface area contributed by atoms with Gasteiger partial charge in [-0.25, -0.2) is 4.79 Å².